The molecule has 0 aliphatic heterocycles. The van der Waals surface area contributed by atoms with Gasteiger partial charge < -0.3 is 18.1 Å². The van der Waals surface area contributed by atoms with Gasteiger partial charge in [0, 0.05) is 0 Å². The van der Waals surface area contributed by atoms with Crippen LogP contribution >= 0.6 is 11.5 Å². The van der Waals surface area contributed by atoms with Crippen molar-refractivity contribution in [3.05, 3.63) is 30.3 Å². The summed E-state index contributed by atoms with van der Waals surface area (Å²) >= 11 is 1.32. The Kier molecular flexibility index (Phi) is 3.43. The first-order valence-corrected chi connectivity index (χ1v) is 4.73. The minimum atomic E-state index is 0. The molecule has 5 heteroatoms. The fourth-order valence-corrected chi connectivity index (χ4v) is 1.77. The van der Waals surface area contributed by atoms with Crippen molar-refractivity contribution in [1.82, 2.24) is 4.37 Å². The first kappa shape index (κ1) is 10.9. The summed E-state index contributed by atoms with van der Waals surface area (Å²) in [7, 11) is 1.92. The third kappa shape index (κ3) is 1.86. The van der Waals surface area contributed by atoms with Crippen molar-refractivity contribution in [1.29, 1.82) is 0 Å². The molecule has 1 aromatic carbocycles. The molecule has 0 fully saturated rings. The minimum absolute atomic E-state index is 0. The Morgan fingerprint density at radius 1 is 1.29 bits per heavy atom. The van der Waals surface area contributed by atoms with Gasteiger partial charge in [0.05, 0.1) is 12.6 Å². The van der Waals surface area contributed by atoms with Gasteiger partial charge in [0.2, 0.25) is 0 Å². The summed E-state index contributed by atoms with van der Waals surface area (Å²) < 4.78 is 6.15. The molecule has 0 aliphatic carbocycles. The summed E-state index contributed by atoms with van der Waals surface area (Å²) in [6.45, 7) is 0. The van der Waals surface area contributed by atoms with Crippen molar-refractivity contribution >= 4 is 16.7 Å². The lowest BCUT2D eigenvalue weighted by Gasteiger charge is -1.93. The predicted molar refractivity (Wildman–Crippen MR) is 53.1 cm³/mol. The maximum Gasteiger partial charge on any atom is 0.311 e. The summed E-state index contributed by atoms with van der Waals surface area (Å²) in [6.07, 6.45) is 0. The number of hydrogen-bond acceptors (Lipinski definition) is 3. The lowest BCUT2D eigenvalue weighted by molar-refractivity contribution is -0.643. The molecule has 14 heavy (non-hydrogen) atoms. The maximum atomic E-state index is 5.70. The lowest BCUT2D eigenvalue weighted by Crippen LogP contribution is -3.00. The van der Waals surface area contributed by atoms with E-state index in [-0.39, 0.29) is 12.4 Å². The first-order chi connectivity index (χ1) is 6.29. The molecule has 2 N–H and O–H groups in total. The second-order valence-corrected chi connectivity index (χ2v) is 3.55. The van der Waals surface area contributed by atoms with Crippen LogP contribution < -0.4 is 22.7 Å². The van der Waals surface area contributed by atoms with Crippen molar-refractivity contribution < 1.29 is 17.0 Å². The van der Waals surface area contributed by atoms with Crippen LogP contribution in [0.25, 0.3) is 11.4 Å². The molecular weight excluding hydrogens is 218 g/mol. The van der Waals surface area contributed by atoms with Gasteiger partial charge >= 0.3 is 5.13 Å². The Morgan fingerprint density at radius 3 is 2.43 bits per heavy atom. The van der Waals surface area contributed by atoms with Gasteiger partial charge in [-0.25, -0.2) is 4.57 Å². The van der Waals surface area contributed by atoms with Crippen LogP contribution in [0, 0.1) is 0 Å². The fraction of sp³-hybridized carbons (Fsp3) is 0.111. The number of nitrogen functional groups attached to an aromatic ring is 1. The summed E-state index contributed by atoms with van der Waals surface area (Å²) in [5.74, 6) is 0.920. The standard InChI is InChI=1S/C9H9N3S.ClH/c1-12-8(11-13-9(12)10)7-5-3-2-4-6-7;/h2-6,10H,1H3;1H. The summed E-state index contributed by atoms with van der Waals surface area (Å²) in [5.41, 5.74) is 6.79. The van der Waals surface area contributed by atoms with E-state index < -0.39 is 0 Å². The van der Waals surface area contributed by atoms with Gasteiger partial charge in [0.1, 0.15) is 11.5 Å². The third-order valence-corrected chi connectivity index (χ3v) is 2.63. The highest BCUT2D eigenvalue weighted by Gasteiger charge is 2.14. The zero-order valence-corrected chi connectivity index (χ0v) is 9.22. The van der Waals surface area contributed by atoms with Gasteiger partial charge in [-0.3, -0.25) is 0 Å². The topological polar surface area (TPSA) is 42.8 Å². The second kappa shape index (κ2) is 4.39. The number of hydrogen-bond donors (Lipinski definition) is 1. The van der Waals surface area contributed by atoms with Crippen LogP contribution in [0.2, 0.25) is 0 Å². The fourth-order valence-electron chi connectivity index (χ4n) is 1.15. The molecular formula is C9H10ClN3S. The first-order valence-electron chi connectivity index (χ1n) is 3.95. The van der Waals surface area contributed by atoms with Crippen LogP contribution in [0.4, 0.5) is 5.13 Å². The summed E-state index contributed by atoms with van der Waals surface area (Å²) in [4.78, 5) is 0. The molecule has 1 aromatic heterocycles. The average Bonchev–Trinajstić information content (AvgIpc) is 2.49. The number of benzene rings is 1. The van der Waals surface area contributed by atoms with Crippen LogP contribution in [-0.4, -0.2) is 4.37 Å². The summed E-state index contributed by atoms with van der Waals surface area (Å²) in [6, 6.07) is 10.0. The molecule has 0 atom stereocenters. The van der Waals surface area contributed by atoms with E-state index in [2.05, 4.69) is 4.37 Å². The van der Waals surface area contributed by atoms with Crippen molar-refractivity contribution in [2.75, 3.05) is 5.73 Å². The Morgan fingerprint density at radius 2 is 1.93 bits per heavy atom. The van der Waals surface area contributed by atoms with E-state index in [9.17, 15) is 0 Å². The van der Waals surface area contributed by atoms with E-state index >= 15 is 0 Å². The van der Waals surface area contributed by atoms with E-state index in [0.717, 1.165) is 16.5 Å². The Hall–Kier alpha value is -1.13. The molecule has 1 heterocycles. The highest BCUT2D eigenvalue weighted by Crippen LogP contribution is 2.15. The average molecular weight is 228 g/mol. The zero-order valence-electron chi connectivity index (χ0n) is 7.64. The van der Waals surface area contributed by atoms with Crippen LogP contribution in [-0.2, 0) is 7.05 Å². The number of rotatable bonds is 1. The number of anilines is 1. The molecule has 2 rings (SSSR count). The smallest absolute Gasteiger partial charge is 0.311 e. The van der Waals surface area contributed by atoms with Gasteiger partial charge in [-0.2, -0.15) is 0 Å². The van der Waals surface area contributed by atoms with E-state index in [1.54, 1.807) is 0 Å². The molecule has 0 unspecified atom stereocenters. The number of nitrogens with zero attached hydrogens (tertiary/aromatic N) is 2. The summed E-state index contributed by atoms with van der Waals surface area (Å²) in [5, 5.41) is 0.721. The Bertz CT molecular complexity index is 413. The monoisotopic (exact) mass is 227 g/mol. The zero-order chi connectivity index (χ0) is 9.26. The molecule has 0 radical (unpaired) electrons. The minimum Gasteiger partial charge on any atom is -1.00 e. The van der Waals surface area contributed by atoms with Gasteiger partial charge in [-0.1, -0.05) is 18.2 Å². The molecule has 0 aliphatic rings. The molecule has 0 saturated carbocycles. The largest absolute Gasteiger partial charge is 1.00 e. The Labute approximate surface area is 92.8 Å². The molecule has 74 valence electrons. The van der Waals surface area contributed by atoms with Crippen LogP contribution in [0.15, 0.2) is 30.3 Å². The van der Waals surface area contributed by atoms with Gasteiger partial charge in [-0.15, -0.1) is 0 Å². The second-order valence-electron chi connectivity index (χ2n) is 2.77. The quantitative estimate of drug-likeness (QED) is 0.586. The molecule has 0 spiro atoms. The number of nitrogens with two attached hydrogens (primary N) is 1. The van der Waals surface area contributed by atoms with Crippen molar-refractivity contribution in [2.45, 2.75) is 0 Å². The van der Waals surface area contributed by atoms with Gasteiger partial charge in [-0.05, 0) is 16.5 Å². The lowest BCUT2D eigenvalue weighted by atomic mass is 10.2. The molecule has 0 amide bonds. The van der Waals surface area contributed by atoms with Crippen molar-refractivity contribution in [3.63, 3.8) is 0 Å². The van der Waals surface area contributed by atoms with Crippen molar-refractivity contribution in [3.8, 4) is 11.4 Å². The van der Waals surface area contributed by atoms with E-state index in [0.29, 0.717) is 0 Å². The van der Waals surface area contributed by atoms with Crippen LogP contribution in [0.1, 0.15) is 0 Å². The van der Waals surface area contributed by atoms with Crippen molar-refractivity contribution in [2.24, 2.45) is 7.05 Å². The molecule has 0 bridgehead atoms. The van der Waals surface area contributed by atoms with Gasteiger partial charge in [0.25, 0.3) is 5.82 Å². The van der Waals surface area contributed by atoms with E-state index in [1.165, 1.54) is 11.5 Å². The predicted octanol–water partition coefficient (Wildman–Crippen LogP) is -1.78. The van der Waals surface area contributed by atoms with Crippen LogP contribution in [0.5, 0.6) is 0 Å². The normalized spacial score (nSPS) is 9.50. The Balaban J connectivity index is 0.000000980. The van der Waals surface area contributed by atoms with Crippen LogP contribution in [0.3, 0.4) is 0 Å². The number of aromatic nitrogens is 2. The highest BCUT2D eigenvalue weighted by molar-refractivity contribution is 7.09. The number of halogens is 1. The molecule has 2 aromatic rings. The van der Waals surface area contributed by atoms with E-state index in [4.69, 9.17) is 5.73 Å². The maximum absolute atomic E-state index is 5.70. The highest BCUT2D eigenvalue weighted by atomic mass is 35.5. The third-order valence-electron chi connectivity index (χ3n) is 1.91. The van der Waals surface area contributed by atoms with Gasteiger partial charge in [0.15, 0.2) is 0 Å². The van der Waals surface area contributed by atoms with E-state index in [1.807, 2.05) is 41.9 Å². The molecule has 0 saturated heterocycles. The molecule has 3 nitrogen and oxygen atoms in total. The SMILES string of the molecule is C[n+]1c(-c2ccccc2)nsc1N.[Cl-].